The van der Waals surface area contributed by atoms with Gasteiger partial charge in [0.15, 0.2) is 0 Å². The van der Waals surface area contributed by atoms with E-state index in [-0.39, 0.29) is 0 Å². The average Bonchev–Trinajstić information content (AvgIpc) is 2.94. The van der Waals surface area contributed by atoms with Gasteiger partial charge in [0.2, 0.25) is 0 Å². The van der Waals surface area contributed by atoms with Gasteiger partial charge in [-0.05, 0) is 39.8 Å². The van der Waals surface area contributed by atoms with Crippen molar-refractivity contribution in [3.8, 4) is 0 Å². The lowest BCUT2D eigenvalue weighted by Gasteiger charge is -2.11. The first-order valence-corrected chi connectivity index (χ1v) is 7.17. The van der Waals surface area contributed by atoms with E-state index in [1.165, 1.54) is 10.6 Å². The summed E-state index contributed by atoms with van der Waals surface area (Å²) in [7, 11) is 0. The third-order valence-electron chi connectivity index (χ3n) is 2.98. The summed E-state index contributed by atoms with van der Waals surface area (Å²) in [6.45, 7) is 8.29. The molecule has 0 spiro atoms. The summed E-state index contributed by atoms with van der Waals surface area (Å²) in [5, 5.41) is 7.97. The topological polar surface area (TPSA) is 42.7 Å². The molecule has 5 heteroatoms. The number of rotatable bonds is 6. The Balaban J connectivity index is 1.72. The zero-order chi connectivity index (χ0) is 13.0. The van der Waals surface area contributed by atoms with Gasteiger partial charge < -0.3 is 5.32 Å². The summed E-state index contributed by atoms with van der Waals surface area (Å²) in [5.74, 6) is 0. The highest BCUT2D eigenvalue weighted by Gasteiger charge is 2.06. The second-order valence-electron chi connectivity index (χ2n) is 4.58. The SMILES string of the molecule is Cc1cc(C)n(CCCNC(C)c2cncs2)n1. The number of hydrogen-bond donors (Lipinski definition) is 1. The molecule has 0 fully saturated rings. The molecule has 1 N–H and O–H groups in total. The van der Waals surface area contributed by atoms with Crippen LogP contribution < -0.4 is 5.32 Å². The van der Waals surface area contributed by atoms with Crippen LogP contribution in [0, 0.1) is 13.8 Å². The zero-order valence-corrected chi connectivity index (χ0v) is 12.0. The summed E-state index contributed by atoms with van der Waals surface area (Å²) in [6.07, 6.45) is 3.02. The van der Waals surface area contributed by atoms with Crippen LogP contribution in [-0.2, 0) is 6.54 Å². The van der Waals surface area contributed by atoms with Gasteiger partial charge in [-0.2, -0.15) is 5.10 Å². The second-order valence-corrected chi connectivity index (χ2v) is 5.50. The van der Waals surface area contributed by atoms with E-state index in [0.29, 0.717) is 6.04 Å². The zero-order valence-electron chi connectivity index (χ0n) is 11.2. The standard InChI is InChI=1S/C13H20N4S/c1-10-7-11(2)17(16-10)6-4-5-15-12(3)13-8-14-9-18-13/h7-9,12,15H,4-6H2,1-3H3. The van der Waals surface area contributed by atoms with Gasteiger partial charge in [0, 0.05) is 29.4 Å². The highest BCUT2D eigenvalue weighted by molar-refractivity contribution is 7.09. The fourth-order valence-electron chi connectivity index (χ4n) is 1.99. The number of aromatic nitrogens is 3. The van der Waals surface area contributed by atoms with Crippen LogP contribution in [0.15, 0.2) is 17.8 Å². The first-order valence-electron chi connectivity index (χ1n) is 6.29. The molecule has 0 saturated heterocycles. The smallest absolute Gasteiger partial charge is 0.0794 e. The summed E-state index contributed by atoms with van der Waals surface area (Å²) in [6, 6.07) is 2.51. The third-order valence-corrected chi connectivity index (χ3v) is 3.94. The largest absolute Gasteiger partial charge is 0.309 e. The van der Waals surface area contributed by atoms with Crippen LogP contribution in [-0.4, -0.2) is 21.3 Å². The van der Waals surface area contributed by atoms with Gasteiger partial charge in [-0.1, -0.05) is 0 Å². The minimum absolute atomic E-state index is 0.387. The Morgan fingerprint density at radius 1 is 1.44 bits per heavy atom. The molecule has 0 aliphatic carbocycles. The molecular formula is C13H20N4S. The lowest BCUT2D eigenvalue weighted by molar-refractivity contribution is 0.503. The maximum atomic E-state index is 4.46. The van der Waals surface area contributed by atoms with Crippen molar-refractivity contribution >= 4 is 11.3 Å². The summed E-state index contributed by atoms with van der Waals surface area (Å²) < 4.78 is 2.08. The van der Waals surface area contributed by atoms with Gasteiger partial charge in [0.1, 0.15) is 0 Å². The van der Waals surface area contributed by atoms with Crippen molar-refractivity contribution in [3.63, 3.8) is 0 Å². The van der Waals surface area contributed by atoms with Crippen LogP contribution in [0.25, 0.3) is 0 Å². The molecular weight excluding hydrogens is 244 g/mol. The van der Waals surface area contributed by atoms with Crippen molar-refractivity contribution in [3.05, 3.63) is 34.0 Å². The molecule has 0 radical (unpaired) electrons. The van der Waals surface area contributed by atoms with Crippen molar-refractivity contribution in [1.29, 1.82) is 0 Å². The molecule has 98 valence electrons. The van der Waals surface area contributed by atoms with Gasteiger partial charge in [0.25, 0.3) is 0 Å². The average molecular weight is 264 g/mol. The van der Waals surface area contributed by atoms with Crippen LogP contribution in [0.4, 0.5) is 0 Å². The Bertz CT molecular complexity index is 475. The van der Waals surface area contributed by atoms with E-state index in [4.69, 9.17) is 0 Å². The summed E-state index contributed by atoms with van der Waals surface area (Å²) in [5.41, 5.74) is 4.21. The normalized spacial score (nSPS) is 12.8. The van der Waals surface area contributed by atoms with E-state index < -0.39 is 0 Å². The second kappa shape index (κ2) is 6.11. The first-order chi connectivity index (χ1) is 8.66. The van der Waals surface area contributed by atoms with Gasteiger partial charge in [-0.25, -0.2) is 0 Å². The van der Waals surface area contributed by atoms with Crippen LogP contribution in [0.3, 0.4) is 0 Å². The van der Waals surface area contributed by atoms with Crippen molar-refractivity contribution < 1.29 is 0 Å². The molecule has 0 aromatic carbocycles. The maximum Gasteiger partial charge on any atom is 0.0794 e. The predicted molar refractivity (Wildman–Crippen MR) is 74.8 cm³/mol. The minimum Gasteiger partial charge on any atom is -0.309 e. The van der Waals surface area contributed by atoms with Crippen LogP contribution in [0.1, 0.15) is 35.7 Å². The molecule has 18 heavy (non-hydrogen) atoms. The Morgan fingerprint density at radius 3 is 2.89 bits per heavy atom. The first kappa shape index (κ1) is 13.2. The number of aryl methyl sites for hydroxylation is 3. The van der Waals surface area contributed by atoms with Crippen LogP contribution in [0.5, 0.6) is 0 Å². The molecule has 4 nitrogen and oxygen atoms in total. The van der Waals surface area contributed by atoms with E-state index in [0.717, 1.165) is 25.2 Å². The van der Waals surface area contributed by atoms with E-state index in [2.05, 4.69) is 40.0 Å². The lowest BCUT2D eigenvalue weighted by atomic mass is 10.3. The summed E-state index contributed by atoms with van der Waals surface area (Å²) >= 11 is 1.70. The molecule has 0 aliphatic heterocycles. The molecule has 2 aromatic rings. The molecule has 0 aliphatic rings. The fraction of sp³-hybridized carbons (Fsp3) is 0.538. The summed E-state index contributed by atoms with van der Waals surface area (Å²) in [4.78, 5) is 5.39. The Morgan fingerprint density at radius 2 is 2.28 bits per heavy atom. The maximum absolute atomic E-state index is 4.46. The molecule has 0 saturated carbocycles. The molecule has 1 unspecified atom stereocenters. The van der Waals surface area contributed by atoms with E-state index >= 15 is 0 Å². The van der Waals surface area contributed by atoms with Crippen LogP contribution in [0.2, 0.25) is 0 Å². The Labute approximate surface area is 112 Å². The molecule has 0 bridgehead atoms. The van der Waals surface area contributed by atoms with E-state index in [9.17, 15) is 0 Å². The molecule has 1 atom stereocenters. The van der Waals surface area contributed by atoms with E-state index in [1.807, 2.05) is 18.6 Å². The number of hydrogen-bond acceptors (Lipinski definition) is 4. The number of nitrogens with zero attached hydrogens (tertiary/aromatic N) is 3. The van der Waals surface area contributed by atoms with Gasteiger partial charge in [-0.15, -0.1) is 11.3 Å². The van der Waals surface area contributed by atoms with Crippen molar-refractivity contribution in [2.24, 2.45) is 0 Å². The molecule has 2 rings (SSSR count). The fourth-order valence-corrected chi connectivity index (χ4v) is 2.64. The van der Waals surface area contributed by atoms with Crippen molar-refractivity contribution in [2.45, 2.75) is 39.8 Å². The van der Waals surface area contributed by atoms with E-state index in [1.54, 1.807) is 11.3 Å². The lowest BCUT2D eigenvalue weighted by Crippen LogP contribution is -2.20. The minimum atomic E-state index is 0.387. The van der Waals surface area contributed by atoms with Gasteiger partial charge >= 0.3 is 0 Å². The number of thiazole rings is 1. The van der Waals surface area contributed by atoms with Crippen molar-refractivity contribution in [1.82, 2.24) is 20.1 Å². The number of nitrogens with one attached hydrogen (secondary N) is 1. The molecule has 2 aromatic heterocycles. The molecule has 0 amide bonds. The Kier molecular flexibility index (Phi) is 4.49. The highest BCUT2D eigenvalue weighted by atomic mass is 32.1. The quantitative estimate of drug-likeness (QED) is 0.816. The van der Waals surface area contributed by atoms with Crippen LogP contribution >= 0.6 is 11.3 Å². The third kappa shape index (κ3) is 3.40. The van der Waals surface area contributed by atoms with Crippen molar-refractivity contribution in [2.75, 3.05) is 6.54 Å². The predicted octanol–water partition coefficient (Wildman–Crippen LogP) is 2.70. The van der Waals surface area contributed by atoms with Gasteiger partial charge in [0.05, 0.1) is 11.2 Å². The molecule has 2 heterocycles. The highest BCUT2D eigenvalue weighted by Crippen LogP contribution is 2.15. The monoisotopic (exact) mass is 264 g/mol. The Hall–Kier alpha value is -1.20. The van der Waals surface area contributed by atoms with Gasteiger partial charge in [-0.3, -0.25) is 9.67 Å².